The number of hydrogen-bond donors (Lipinski definition) is 1. The zero-order chi connectivity index (χ0) is 10.4. The summed E-state index contributed by atoms with van der Waals surface area (Å²) >= 11 is 0. The monoisotopic (exact) mass is 185 g/mol. The van der Waals surface area contributed by atoms with Crippen molar-refractivity contribution < 1.29 is 5.11 Å². The highest BCUT2D eigenvalue weighted by Gasteiger charge is 1.95. The summed E-state index contributed by atoms with van der Waals surface area (Å²) in [5, 5.41) is 17.2. The lowest BCUT2D eigenvalue weighted by Gasteiger charge is -2.00. The lowest BCUT2D eigenvalue weighted by molar-refractivity contribution is 0.282. The third-order valence-corrected chi connectivity index (χ3v) is 1.86. The van der Waals surface area contributed by atoms with Gasteiger partial charge in [-0.2, -0.15) is 5.26 Å². The summed E-state index contributed by atoms with van der Waals surface area (Å²) in [6.07, 6.45) is 0.251. The molecule has 0 radical (unpaired) electrons. The molecule has 2 heteroatoms. The summed E-state index contributed by atoms with van der Waals surface area (Å²) in [5.74, 6) is 5.67. The van der Waals surface area contributed by atoms with Crippen molar-refractivity contribution in [1.29, 1.82) is 5.26 Å². The third kappa shape index (κ3) is 2.62. The first-order chi connectivity index (χ1) is 6.77. The Bertz CT molecular complexity index is 418. The maximum Gasteiger partial charge on any atom is 0.0966 e. The van der Waals surface area contributed by atoms with E-state index in [9.17, 15) is 0 Å². The SMILES string of the molecule is Cc1cc(CO)ccc1C#CCC#N. The van der Waals surface area contributed by atoms with Crippen LogP contribution in [0.4, 0.5) is 0 Å². The number of hydrogen-bond acceptors (Lipinski definition) is 2. The van der Waals surface area contributed by atoms with Gasteiger partial charge in [-0.05, 0) is 24.1 Å². The number of benzene rings is 1. The first-order valence-corrected chi connectivity index (χ1v) is 4.34. The highest BCUT2D eigenvalue weighted by molar-refractivity contribution is 5.42. The molecular weight excluding hydrogens is 174 g/mol. The van der Waals surface area contributed by atoms with Gasteiger partial charge in [0.2, 0.25) is 0 Å². The molecule has 0 aliphatic rings. The molecule has 0 aliphatic carbocycles. The summed E-state index contributed by atoms with van der Waals surface area (Å²) in [6.45, 7) is 1.99. The van der Waals surface area contributed by atoms with Gasteiger partial charge in [0, 0.05) is 5.56 Å². The highest BCUT2D eigenvalue weighted by Crippen LogP contribution is 2.09. The normalized spacial score (nSPS) is 8.64. The highest BCUT2D eigenvalue weighted by atomic mass is 16.3. The second-order valence-corrected chi connectivity index (χ2v) is 2.94. The Morgan fingerprint density at radius 2 is 2.21 bits per heavy atom. The number of nitriles is 1. The molecule has 0 saturated carbocycles. The summed E-state index contributed by atoms with van der Waals surface area (Å²) in [5.41, 5.74) is 2.83. The van der Waals surface area contributed by atoms with Crippen LogP contribution in [0.5, 0.6) is 0 Å². The van der Waals surface area contributed by atoms with Crippen LogP contribution in [0, 0.1) is 30.1 Å². The molecule has 1 N–H and O–H groups in total. The standard InChI is InChI=1S/C12H11NO/c1-10-8-11(9-14)5-6-12(10)4-2-3-7-13/h5-6,8,14H,3,9H2,1H3. The fraction of sp³-hybridized carbons (Fsp3) is 0.250. The van der Waals surface area contributed by atoms with E-state index in [1.54, 1.807) is 0 Å². The van der Waals surface area contributed by atoms with Crippen LogP contribution in [0.15, 0.2) is 18.2 Å². The molecule has 0 amide bonds. The summed E-state index contributed by atoms with van der Waals surface area (Å²) < 4.78 is 0. The maximum absolute atomic E-state index is 8.89. The molecule has 14 heavy (non-hydrogen) atoms. The van der Waals surface area contributed by atoms with Crippen molar-refractivity contribution in [1.82, 2.24) is 0 Å². The van der Waals surface area contributed by atoms with Crippen molar-refractivity contribution in [2.45, 2.75) is 20.0 Å². The minimum atomic E-state index is 0.0484. The van der Waals surface area contributed by atoms with E-state index >= 15 is 0 Å². The number of aliphatic hydroxyl groups excluding tert-OH is 1. The molecule has 1 rings (SSSR count). The average Bonchev–Trinajstić information content (AvgIpc) is 2.20. The number of aliphatic hydroxyl groups is 1. The molecule has 0 spiro atoms. The van der Waals surface area contributed by atoms with Crippen LogP contribution in [0.3, 0.4) is 0 Å². The molecule has 0 aromatic heterocycles. The number of rotatable bonds is 1. The van der Waals surface area contributed by atoms with Crippen molar-refractivity contribution >= 4 is 0 Å². The Kier molecular flexibility index (Phi) is 3.73. The van der Waals surface area contributed by atoms with Crippen LogP contribution in [0.25, 0.3) is 0 Å². The van der Waals surface area contributed by atoms with Crippen LogP contribution >= 0.6 is 0 Å². The summed E-state index contributed by atoms with van der Waals surface area (Å²) in [6, 6.07) is 7.57. The fourth-order valence-electron chi connectivity index (χ4n) is 1.14. The van der Waals surface area contributed by atoms with E-state index < -0.39 is 0 Å². The van der Waals surface area contributed by atoms with Gasteiger partial charge >= 0.3 is 0 Å². The van der Waals surface area contributed by atoms with Gasteiger partial charge in [0.05, 0.1) is 19.1 Å². The van der Waals surface area contributed by atoms with Crippen molar-refractivity contribution in [3.8, 4) is 17.9 Å². The van der Waals surface area contributed by atoms with Gasteiger partial charge in [0.15, 0.2) is 0 Å². The quantitative estimate of drug-likeness (QED) is 0.677. The maximum atomic E-state index is 8.89. The molecule has 0 aliphatic heterocycles. The van der Waals surface area contributed by atoms with E-state index in [0.717, 1.165) is 16.7 Å². The van der Waals surface area contributed by atoms with E-state index in [1.807, 2.05) is 31.2 Å². The van der Waals surface area contributed by atoms with Gasteiger partial charge in [-0.3, -0.25) is 0 Å². The molecule has 0 heterocycles. The Morgan fingerprint density at radius 1 is 1.43 bits per heavy atom. The molecule has 1 aromatic rings. The first-order valence-electron chi connectivity index (χ1n) is 4.34. The predicted octanol–water partition coefficient (Wildman–Crippen LogP) is 1.75. The van der Waals surface area contributed by atoms with Crippen molar-refractivity contribution in [2.24, 2.45) is 0 Å². The number of aryl methyl sites for hydroxylation is 1. The van der Waals surface area contributed by atoms with Gasteiger partial charge < -0.3 is 5.11 Å². The Labute approximate surface area is 83.8 Å². The van der Waals surface area contributed by atoms with Crippen LogP contribution in [0.1, 0.15) is 23.1 Å². The van der Waals surface area contributed by atoms with Crippen LogP contribution in [0.2, 0.25) is 0 Å². The van der Waals surface area contributed by atoms with E-state index in [-0.39, 0.29) is 13.0 Å². The molecule has 0 bridgehead atoms. The molecule has 1 aromatic carbocycles. The van der Waals surface area contributed by atoms with E-state index in [2.05, 4.69) is 11.8 Å². The lowest BCUT2D eigenvalue weighted by atomic mass is 10.1. The third-order valence-electron chi connectivity index (χ3n) is 1.86. The smallest absolute Gasteiger partial charge is 0.0966 e. The van der Waals surface area contributed by atoms with E-state index in [1.165, 1.54) is 0 Å². The number of nitrogens with zero attached hydrogens (tertiary/aromatic N) is 1. The average molecular weight is 185 g/mol. The van der Waals surface area contributed by atoms with Crippen molar-refractivity contribution in [2.75, 3.05) is 0 Å². The van der Waals surface area contributed by atoms with Gasteiger partial charge in [-0.1, -0.05) is 24.0 Å². The minimum Gasteiger partial charge on any atom is -0.392 e. The topological polar surface area (TPSA) is 44.0 Å². The summed E-state index contributed by atoms with van der Waals surface area (Å²) in [7, 11) is 0. The first kappa shape index (κ1) is 10.3. The molecule has 0 fully saturated rings. The molecular formula is C12H11NO. The van der Waals surface area contributed by atoms with Gasteiger partial charge in [0.1, 0.15) is 0 Å². The largest absolute Gasteiger partial charge is 0.392 e. The molecule has 0 saturated heterocycles. The second kappa shape index (κ2) is 5.07. The van der Waals surface area contributed by atoms with Crippen LogP contribution in [-0.2, 0) is 6.61 Å². The molecule has 2 nitrogen and oxygen atoms in total. The molecule has 0 unspecified atom stereocenters. The zero-order valence-electron chi connectivity index (χ0n) is 8.04. The Balaban J connectivity index is 2.92. The second-order valence-electron chi connectivity index (χ2n) is 2.94. The molecule has 0 atom stereocenters. The lowest BCUT2D eigenvalue weighted by Crippen LogP contribution is -1.87. The summed E-state index contributed by atoms with van der Waals surface area (Å²) in [4.78, 5) is 0. The van der Waals surface area contributed by atoms with Gasteiger partial charge in [0.25, 0.3) is 0 Å². The van der Waals surface area contributed by atoms with Crippen LogP contribution in [-0.4, -0.2) is 5.11 Å². The molecule has 70 valence electrons. The van der Waals surface area contributed by atoms with Crippen molar-refractivity contribution in [3.63, 3.8) is 0 Å². The van der Waals surface area contributed by atoms with Crippen LogP contribution < -0.4 is 0 Å². The van der Waals surface area contributed by atoms with Crippen molar-refractivity contribution in [3.05, 3.63) is 34.9 Å². The van der Waals surface area contributed by atoms with E-state index in [4.69, 9.17) is 10.4 Å². The Hall–Kier alpha value is -1.77. The van der Waals surface area contributed by atoms with E-state index in [0.29, 0.717) is 0 Å². The van der Waals surface area contributed by atoms with Gasteiger partial charge in [-0.25, -0.2) is 0 Å². The fourth-order valence-corrected chi connectivity index (χ4v) is 1.14. The minimum absolute atomic E-state index is 0.0484. The van der Waals surface area contributed by atoms with Gasteiger partial charge in [-0.15, -0.1) is 0 Å². The zero-order valence-corrected chi connectivity index (χ0v) is 8.04. The Morgan fingerprint density at radius 3 is 2.79 bits per heavy atom. The predicted molar refractivity (Wildman–Crippen MR) is 54.2 cm³/mol.